The maximum absolute atomic E-state index is 13.6. The van der Waals surface area contributed by atoms with E-state index in [0.29, 0.717) is 43.4 Å². The Morgan fingerprint density at radius 1 is 0.981 bits per heavy atom. The zero-order valence-electron chi connectivity index (χ0n) is 36.1. The summed E-state index contributed by atoms with van der Waals surface area (Å²) in [5.74, 6) is -0.485. The van der Waals surface area contributed by atoms with Gasteiger partial charge in [-0.25, -0.2) is 0 Å². The Balaban J connectivity index is 0.00000184. The number of carbonyl (C=O) groups is 4. The molecule has 1 aliphatic heterocycles. The molecule has 0 aromatic heterocycles. The van der Waals surface area contributed by atoms with Crippen LogP contribution in [0.15, 0.2) is 30.3 Å². The van der Waals surface area contributed by atoms with E-state index in [-0.39, 0.29) is 42.8 Å². The van der Waals surface area contributed by atoms with Crippen LogP contribution in [0, 0.1) is 11.8 Å². The van der Waals surface area contributed by atoms with Crippen LogP contribution in [0.4, 0.5) is 0 Å². The van der Waals surface area contributed by atoms with Crippen LogP contribution in [0.3, 0.4) is 0 Å². The number of aliphatic hydroxyl groups is 1. The number of carbonyl (C=O) groups excluding carboxylic acids is 4. The molecule has 1 aromatic rings. The largest absolute Gasteiger partial charge is 0.386 e. The molecule has 8 atom stereocenters. The van der Waals surface area contributed by atoms with Crippen LogP contribution >= 0.6 is 0 Å². The van der Waals surface area contributed by atoms with E-state index in [9.17, 15) is 24.3 Å². The van der Waals surface area contributed by atoms with Crippen LogP contribution in [0.1, 0.15) is 119 Å². The fourth-order valence-corrected chi connectivity index (χ4v) is 6.63. The number of aliphatic hydroxyl groups excluding tert-OH is 1. The van der Waals surface area contributed by atoms with Crippen molar-refractivity contribution >= 4 is 24.1 Å². The van der Waals surface area contributed by atoms with Gasteiger partial charge in [0.05, 0.1) is 55.3 Å². The molecule has 1 saturated heterocycles. The van der Waals surface area contributed by atoms with Crippen molar-refractivity contribution in [3.8, 4) is 0 Å². The van der Waals surface area contributed by atoms with Crippen molar-refractivity contribution in [3.05, 3.63) is 35.9 Å². The van der Waals surface area contributed by atoms with Gasteiger partial charge in [-0.05, 0) is 65.5 Å². The second-order valence-electron chi connectivity index (χ2n) is 15.2. The molecule has 0 spiro atoms. The predicted molar refractivity (Wildman–Crippen MR) is 218 cm³/mol. The second kappa shape index (κ2) is 27.5. The molecule has 1 aromatic carbocycles. The van der Waals surface area contributed by atoms with E-state index < -0.39 is 30.3 Å². The molecule has 12 heteroatoms. The number of methoxy groups -OCH3 is 2. The van der Waals surface area contributed by atoms with Gasteiger partial charge in [0.1, 0.15) is 0 Å². The molecule has 0 aliphatic carbocycles. The van der Waals surface area contributed by atoms with Crippen LogP contribution in [-0.4, -0.2) is 128 Å². The summed E-state index contributed by atoms with van der Waals surface area (Å²) in [6.07, 6.45) is 2.71. The molecule has 1 fully saturated rings. The lowest BCUT2D eigenvalue weighted by Crippen LogP contribution is -2.53. The molecule has 3 N–H and O–H groups in total. The predicted octanol–water partition coefficient (Wildman–Crippen LogP) is 5.43. The van der Waals surface area contributed by atoms with E-state index in [1.54, 1.807) is 32.9 Å². The number of likely N-dealkylation sites (tertiary alicyclic amines) is 1. The normalized spacial score (nSPS) is 17.9. The third kappa shape index (κ3) is 16.8. The number of rotatable bonds is 20. The average Bonchev–Trinajstić information content (AvgIpc) is 3.64. The lowest BCUT2D eigenvalue weighted by atomic mass is 9.93. The summed E-state index contributed by atoms with van der Waals surface area (Å²) in [5, 5.41) is 16.0. The molecule has 4 amide bonds. The summed E-state index contributed by atoms with van der Waals surface area (Å²) in [5.41, 5.74) is 0.713. The first kappa shape index (κ1) is 50.9. The van der Waals surface area contributed by atoms with Crippen LogP contribution in [-0.2, 0) is 28.7 Å². The molecule has 54 heavy (non-hydrogen) atoms. The minimum absolute atomic E-state index is 0.0632. The highest BCUT2D eigenvalue weighted by Gasteiger charge is 2.41. The number of hydrogen-bond acceptors (Lipinski definition) is 8. The summed E-state index contributed by atoms with van der Waals surface area (Å²) >= 11 is 0. The highest BCUT2D eigenvalue weighted by molar-refractivity contribution is 5.81. The Morgan fingerprint density at radius 3 is 2.04 bits per heavy atom. The molecule has 12 nitrogen and oxygen atoms in total. The van der Waals surface area contributed by atoms with E-state index in [4.69, 9.17) is 9.47 Å². The molecule has 0 saturated carbocycles. The summed E-state index contributed by atoms with van der Waals surface area (Å²) < 4.78 is 11.5. The fraction of sp³-hybridized carbons (Fsp3) is 0.762. The monoisotopic (exact) mass is 764 g/mol. The lowest BCUT2D eigenvalue weighted by Gasteiger charge is -2.37. The topological polar surface area (TPSA) is 141 Å². The van der Waals surface area contributed by atoms with Crippen molar-refractivity contribution < 1.29 is 33.8 Å². The summed E-state index contributed by atoms with van der Waals surface area (Å²) in [6, 6.07) is 9.34. The Labute approximate surface area is 328 Å². The van der Waals surface area contributed by atoms with E-state index in [1.165, 1.54) is 18.4 Å². The maximum Gasteiger partial charge on any atom is 0.242 e. The molecule has 0 bridgehead atoms. The van der Waals surface area contributed by atoms with Crippen molar-refractivity contribution in [1.82, 2.24) is 25.3 Å². The van der Waals surface area contributed by atoms with Crippen LogP contribution < -0.4 is 10.6 Å². The third-order valence-corrected chi connectivity index (χ3v) is 10.5. The molecule has 1 heterocycles. The number of likely N-dealkylation sites (N-methyl/N-ethyl adjacent to an activating group) is 1. The number of benzene rings is 1. The highest BCUT2D eigenvalue weighted by atomic mass is 16.5. The number of hydrogen-bond donors (Lipinski definition) is 3. The lowest BCUT2D eigenvalue weighted by molar-refractivity contribution is -0.144. The van der Waals surface area contributed by atoms with E-state index in [0.717, 1.165) is 18.8 Å². The number of nitrogens with zero attached hydrogens (tertiary/aromatic N) is 3. The highest BCUT2D eigenvalue weighted by Crippen LogP contribution is 2.29. The van der Waals surface area contributed by atoms with Gasteiger partial charge in [-0.15, -0.1) is 0 Å². The molecule has 8 unspecified atom stereocenters. The van der Waals surface area contributed by atoms with Gasteiger partial charge in [-0.3, -0.25) is 19.2 Å². The zero-order valence-corrected chi connectivity index (χ0v) is 36.1. The second-order valence-corrected chi connectivity index (χ2v) is 15.2. The molecular weight excluding hydrogens is 686 g/mol. The smallest absolute Gasteiger partial charge is 0.242 e. The molecule has 2 rings (SSSR count). The minimum Gasteiger partial charge on any atom is -0.386 e. The Bertz CT molecular complexity index is 1170. The number of amides is 4. The maximum atomic E-state index is 13.6. The number of ether oxygens (including phenoxy) is 2. The van der Waals surface area contributed by atoms with Crippen molar-refractivity contribution in [2.24, 2.45) is 11.8 Å². The Morgan fingerprint density at radius 2 is 1.57 bits per heavy atom. The van der Waals surface area contributed by atoms with Gasteiger partial charge in [-0.2, -0.15) is 0 Å². The van der Waals surface area contributed by atoms with Gasteiger partial charge in [0.2, 0.25) is 24.1 Å². The van der Waals surface area contributed by atoms with Gasteiger partial charge in [0.25, 0.3) is 0 Å². The van der Waals surface area contributed by atoms with E-state index in [2.05, 4.69) is 71.0 Å². The minimum atomic E-state index is -0.862. The molecule has 312 valence electrons. The van der Waals surface area contributed by atoms with Gasteiger partial charge in [0.15, 0.2) is 0 Å². The van der Waals surface area contributed by atoms with Gasteiger partial charge in [0, 0.05) is 39.9 Å². The third-order valence-electron chi connectivity index (χ3n) is 10.5. The average molecular weight is 764 g/mol. The van der Waals surface area contributed by atoms with Gasteiger partial charge >= 0.3 is 0 Å². The van der Waals surface area contributed by atoms with Crippen LogP contribution in [0.5, 0.6) is 0 Å². The van der Waals surface area contributed by atoms with Gasteiger partial charge < -0.3 is 39.9 Å². The quantitative estimate of drug-likeness (QED) is 0.150. The first-order chi connectivity index (χ1) is 25.5. The van der Waals surface area contributed by atoms with Crippen LogP contribution in [0.25, 0.3) is 0 Å². The first-order valence-electron chi connectivity index (χ1n) is 20.0. The molecule has 0 radical (unpaired) electrons. The summed E-state index contributed by atoms with van der Waals surface area (Å²) in [7, 11) is 6.91. The first-order valence-corrected chi connectivity index (χ1v) is 20.0. The Kier molecular flexibility index (Phi) is 26.0. The zero-order chi connectivity index (χ0) is 41.5. The molecular formula is C42H77N5O7. The van der Waals surface area contributed by atoms with E-state index >= 15 is 0 Å². The molecule has 1 aliphatic rings. The van der Waals surface area contributed by atoms with Crippen LogP contribution in [0.2, 0.25) is 0 Å². The van der Waals surface area contributed by atoms with Crippen molar-refractivity contribution in [2.45, 2.75) is 156 Å². The Hall–Kier alpha value is -3.06. The summed E-state index contributed by atoms with van der Waals surface area (Å²) in [4.78, 5) is 55.8. The van der Waals surface area contributed by atoms with Crippen molar-refractivity contribution in [2.75, 3.05) is 41.4 Å². The SMILES string of the molecule is CC(C)C(C)N(C)C(C)C.CCC.CCCC(C(CC(=O)N1CCCC1C(OC)C(C)C(=O)NC(C)C(O)c1ccccc1)OC)N(C)C(=O)CNC=O. The fourth-order valence-electron chi connectivity index (χ4n) is 6.63. The number of nitrogens with one attached hydrogen (secondary N) is 2. The van der Waals surface area contributed by atoms with Crippen molar-refractivity contribution in [1.29, 1.82) is 0 Å². The summed E-state index contributed by atoms with van der Waals surface area (Å²) in [6.45, 7) is 21.5. The standard InChI is InChI=1S/C30H48N4O7.C9H21N.C3H8/c1-7-12-23(33(4)27(37)18-31-19-35)25(40-5)17-26(36)34-16-11-15-24(34)29(41-6)20(2)30(39)32-21(3)28(38)22-13-9-8-10-14-22;1-7(2)9(5)10(6)8(3)4;1-3-2/h8-10,13-14,19-21,23-25,28-29,38H,7,11-12,15-18H2,1-6H3,(H,31,35)(H,32,39);7-9H,1-6H3;3H2,1-2H3. The van der Waals surface area contributed by atoms with E-state index in [1.807, 2.05) is 37.3 Å². The van der Waals surface area contributed by atoms with Crippen molar-refractivity contribution in [3.63, 3.8) is 0 Å². The van der Waals surface area contributed by atoms with Gasteiger partial charge in [-0.1, -0.05) is 84.7 Å².